The summed E-state index contributed by atoms with van der Waals surface area (Å²) < 4.78 is 0. The Bertz CT molecular complexity index is 972. The third kappa shape index (κ3) is 4.47. The highest BCUT2D eigenvalue weighted by Crippen LogP contribution is 2.34. The number of carbonyl (C=O) groups excluding carboxylic acids is 2. The Kier molecular flexibility index (Phi) is 6.60. The zero-order chi connectivity index (χ0) is 22.0. The second-order valence-corrected chi connectivity index (χ2v) is 8.62. The second-order valence-electron chi connectivity index (χ2n) is 8.18. The number of nitrogens with zero attached hydrogens (tertiary/aromatic N) is 4. The first kappa shape index (κ1) is 21.8. The van der Waals surface area contributed by atoms with Crippen molar-refractivity contribution in [3.05, 3.63) is 58.6 Å². The maximum Gasteiger partial charge on any atom is 0.260 e. The maximum atomic E-state index is 13.7. The van der Waals surface area contributed by atoms with Gasteiger partial charge in [0.05, 0.1) is 22.5 Å². The molecule has 0 atom stereocenters. The molecule has 0 aromatic heterocycles. The van der Waals surface area contributed by atoms with Gasteiger partial charge < -0.3 is 19.6 Å². The van der Waals surface area contributed by atoms with E-state index >= 15 is 0 Å². The lowest BCUT2D eigenvalue weighted by atomic mass is 10.0. The minimum atomic E-state index is -0.135. The Balaban J connectivity index is 1.65. The van der Waals surface area contributed by atoms with Crippen LogP contribution in [-0.4, -0.2) is 74.5 Å². The van der Waals surface area contributed by atoms with Gasteiger partial charge in [-0.15, -0.1) is 0 Å². The van der Waals surface area contributed by atoms with E-state index in [-0.39, 0.29) is 11.8 Å². The first-order valence-corrected chi connectivity index (χ1v) is 11.3. The zero-order valence-electron chi connectivity index (χ0n) is 18.2. The molecular weight excluding hydrogens is 412 g/mol. The third-order valence-electron chi connectivity index (χ3n) is 6.16. The van der Waals surface area contributed by atoms with Crippen molar-refractivity contribution in [2.24, 2.45) is 0 Å². The number of anilines is 2. The number of likely N-dealkylation sites (N-methyl/N-ethyl adjacent to an activating group) is 1. The van der Waals surface area contributed by atoms with Crippen LogP contribution in [0.15, 0.2) is 42.5 Å². The number of fused-ring (bicyclic) bond motifs is 2. The van der Waals surface area contributed by atoms with Crippen LogP contribution in [0.25, 0.3) is 0 Å². The lowest BCUT2D eigenvalue weighted by molar-refractivity contribution is 0.0973. The van der Waals surface area contributed by atoms with Crippen molar-refractivity contribution in [1.82, 2.24) is 9.80 Å². The number of para-hydroxylation sites is 1. The molecular formula is C24H29ClN4O2. The molecule has 7 heteroatoms. The number of amides is 2. The summed E-state index contributed by atoms with van der Waals surface area (Å²) in [6, 6.07) is 12.6. The molecule has 0 radical (unpaired) electrons. The Labute approximate surface area is 189 Å². The quantitative estimate of drug-likeness (QED) is 0.712. The SMILES string of the molecule is CCN1C(=O)c2cc(Cl)ccc2N(CCCN2CCN(C)CC2)C(=O)c2ccccc21. The van der Waals surface area contributed by atoms with E-state index in [2.05, 4.69) is 16.8 Å². The fraction of sp³-hybridized carbons (Fsp3) is 0.417. The molecule has 2 aromatic rings. The Hall–Kier alpha value is -2.41. The van der Waals surface area contributed by atoms with Gasteiger partial charge in [0.2, 0.25) is 0 Å². The average Bonchev–Trinajstić information content (AvgIpc) is 2.78. The summed E-state index contributed by atoms with van der Waals surface area (Å²) >= 11 is 6.24. The van der Waals surface area contributed by atoms with Crippen molar-refractivity contribution in [2.75, 3.05) is 62.7 Å². The number of hydrogen-bond acceptors (Lipinski definition) is 4. The van der Waals surface area contributed by atoms with Crippen molar-refractivity contribution in [2.45, 2.75) is 13.3 Å². The number of piperazine rings is 1. The van der Waals surface area contributed by atoms with E-state index in [1.54, 1.807) is 28.0 Å². The predicted molar refractivity (Wildman–Crippen MR) is 125 cm³/mol. The number of halogens is 1. The fourth-order valence-corrected chi connectivity index (χ4v) is 4.55. The van der Waals surface area contributed by atoms with Gasteiger partial charge in [-0.2, -0.15) is 0 Å². The standard InChI is InChI=1S/C24H29ClN4O2/c1-3-28-21-8-5-4-7-19(21)23(30)29(12-6-11-27-15-13-26(2)14-16-27)22-10-9-18(25)17-20(22)24(28)31/h4-5,7-10,17H,3,6,11-16H2,1-2H3. The lowest BCUT2D eigenvalue weighted by Gasteiger charge is -2.34. The van der Waals surface area contributed by atoms with Crippen LogP contribution in [0.5, 0.6) is 0 Å². The normalized spacial score (nSPS) is 17.9. The summed E-state index contributed by atoms with van der Waals surface area (Å²) in [7, 11) is 2.15. The molecule has 0 unspecified atom stereocenters. The minimum absolute atomic E-state index is 0.0801. The molecule has 2 aliphatic heterocycles. The molecule has 0 aliphatic carbocycles. The molecule has 2 amide bonds. The van der Waals surface area contributed by atoms with Gasteiger partial charge >= 0.3 is 0 Å². The van der Waals surface area contributed by atoms with E-state index in [9.17, 15) is 9.59 Å². The summed E-state index contributed by atoms with van der Waals surface area (Å²) in [6.45, 7) is 8.09. The van der Waals surface area contributed by atoms with Crippen molar-refractivity contribution >= 4 is 34.8 Å². The van der Waals surface area contributed by atoms with Crippen molar-refractivity contribution in [3.8, 4) is 0 Å². The van der Waals surface area contributed by atoms with Gasteiger partial charge in [-0.3, -0.25) is 9.59 Å². The van der Waals surface area contributed by atoms with Crippen LogP contribution in [0, 0.1) is 0 Å². The van der Waals surface area contributed by atoms with Gasteiger partial charge in [-0.1, -0.05) is 23.7 Å². The van der Waals surface area contributed by atoms with Crippen LogP contribution in [0.4, 0.5) is 11.4 Å². The Morgan fingerprint density at radius 2 is 1.52 bits per heavy atom. The van der Waals surface area contributed by atoms with Crippen molar-refractivity contribution in [1.29, 1.82) is 0 Å². The van der Waals surface area contributed by atoms with E-state index in [1.807, 2.05) is 31.2 Å². The zero-order valence-corrected chi connectivity index (χ0v) is 18.9. The van der Waals surface area contributed by atoms with Crippen LogP contribution in [-0.2, 0) is 0 Å². The highest BCUT2D eigenvalue weighted by atomic mass is 35.5. The molecule has 4 rings (SSSR count). The topological polar surface area (TPSA) is 47.1 Å². The summed E-state index contributed by atoms with van der Waals surface area (Å²) in [5.41, 5.74) is 2.30. The predicted octanol–water partition coefficient (Wildman–Crippen LogP) is 3.60. The van der Waals surface area contributed by atoms with Crippen LogP contribution < -0.4 is 9.80 Å². The van der Waals surface area contributed by atoms with Crippen LogP contribution >= 0.6 is 11.6 Å². The van der Waals surface area contributed by atoms with Crippen molar-refractivity contribution < 1.29 is 9.59 Å². The highest BCUT2D eigenvalue weighted by molar-refractivity contribution is 6.31. The van der Waals surface area contributed by atoms with Gasteiger partial charge in [0.1, 0.15) is 0 Å². The van der Waals surface area contributed by atoms with Gasteiger partial charge in [0.25, 0.3) is 11.8 Å². The number of carbonyl (C=O) groups is 2. The molecule has 0 bridgehead atoms. The molecule has 2 aromatic carbocycles. The number of hydrogen-bond donors (Lipinski definition) is 0. The van der Waals surface area contributed by atoms with Gasteiger partial charge in [0.15, 0.2) is 0 Å². The summed E-state index contributed by atoms with van der Waals surface area (Å²) in [5.74, 6) is -0.215. The van der Waals surface area contributed by atoms with Crippen LogP contribution in [0.1, 0.15) is 34.1 Å². The molecule has 1 saturated heterocycles. The molecule has 0 N–H and O–H groups in total. The fourth-order valence-electron chi connectivity index (χ4n) is 4.37. The molecule has 0 saturated carbocycles. The second kappa shape index (κ2) is 9.39. The molecule has 31 heavy (non-hydrogen) atoms. The maximum absolute atomic E-state index is 13.7. The van der Waals surface area contributed by atoms with Gasteiger partial charge in [0, 0.05) is 44.3 Å². The van der Waals surface area contributed by atoms with Crippen LogP contribution in [0.3, 0.4) is 0 Å². The molecule has 2 heterocycles. The lowest BCUT2D eigenvalue weighted by Crippen LogP contribution is -2.45. The van der Waals surface area contributed by atoms with Crippen molar-refractivity contribution in [3.63, 3.8) is 0 Å². The Morgan fingerprint density at radius 1 is 0.839 bits per heavy atom. The molecule has 2 aliphatic rings. The first-order valence-electron chi connectivity index (χ1n) is 10.9. The highest BCUT2D eigenvalue weighted by Gasteiger charge is 2.32. The molecule has 0 spiro atoms. The molecule has 1 fully saturated rings. The van der Waals surface area contributed by atoms with E-state index < -0.39 is 0 Å². The van der Waals surface area contributed by atoms with E-state index in [0.29, 0.717) is 40.6 Å². The molecule has 6 nitrogen and oxygen atoms in total. The van der Waals surface area contributed by atoms with Crippen LogP contribution in [0.2, 0.25) is 5.02 Å². The Morgan fingerprint density at radius 3 is 2.26 bits per heavy atom. The van der Waals surface area contributed by atoms with E-state index in [4.69, 9.17) is 11.6 Å². The van der Waals surface area contributed by atoms with E-state index in [0.717, 1.165) is 39.1 Å². The van der Waals surface area contributed by atoms with Gasteiger partial charge in [-0.05, 0) is 57.3 Å². The summed E-state index contributed by atoms with van der Waals surface area (Å²) in [4.78, 5) is 35.3. The molecule has 164 valence electrons. The smallest absolute Gasteiger partial charge is 0.260 e. The number of benzene rings is 2. The summed E-state index contributed by atoms with van der Waals surface area (Å²) in [5, 5.41) is 0.488. The summed E-state index contributed by atoms with van der Waals surface area (Å²) in [6.07, 6.45) is 0.839. The van der Waals surface area contributed by atoms with E-state index in [1.165, 1.54) is 0 Å². The largest absolute Gasteiger partial charge is 0.308 e. The number of rotatable bonds is 5. The minimum Gasteiger partial charge on any atom is -0.308 e. The monoisotopic (exact) mass is 440 g/mol. The third-order valence-corrected chi connectivity index (χ3v) is 6.40. The first-order chi connectivity index (χ1) is 15.0. The van der Waals surface area contributed by atoms with Gasteiger partial charge in [-0.25, -0.2) is 0 Å². The average molecular weight is 441 g/mol.